The first-order chi connectivity index (χ1) is 66.3. The molecule has 17 N–H and O–H groups in total. The zero-order chi connectivity index (χ0) is 107. The SMILES string of the molecule is CCC(=O)CCC(O)COCC(O)CC(=O)OC.COC(=O)CC(O)COCC(O)CCC(=O)CCSSC.COC(=O)CC(O)COCC(O)CCC(=O)CCSSC.COC(=O)CC(O)COCC(O)CNC(=O)CCN1C(=O)C=CC1=O.COC(=O)CC(O)COCC(O)CSC.COC(=O)CC(O)COCC(O)CSSC.O=C(O)CC(O)COCC(O)CNC(=O)CCN1C(=O)C=CC1=O.[W].[W].[W]. The predicted molar refractivity (Wildman–Crippen MR) is 517 cm³/mol. The quantitative estimate of drug-likeness (QED) is 0.00977. The number of ketones is 3. The Balaban J connectivity index is -0.000000249. The summed E-state index contributed by atoms with van der Waals surface area (Å²) < 4.78 is 61.7. The number of carboxylic acid groups (broad SMARTS) is 1. The van der Waals surface area contributed by atoms with Crippen LogP contribution in [0.15, 0.2) is 24.3 Å². The first kappa shape index (κ1) is 154. The van der Waals surface area contributed by atoms with Gasteiger partial charge in [-0.05, 0) is 44.3 Å². The van der Waals surface area contributed by atoms with E-state index in [-0.39, 0.29) is 251 Å². The average Bonchev–Trinajstić information content (AvgIpc) is 1.74. The van der Waals surface area contributed by atoms with Crippen molar-refractivity contribution in [3.8, 4) is 0 Å². The van der Waals surface area contributed by atoms with E-state index in [1.165, 1.54) is 65.2 Å². The summed E-state index contributed by atoms with van der Waals surface area (Å²) in [7, 11) is 17.1. The molecule has 0 bridgehead atoms. The number of carbonyl (C=O) groups is 16. The molecule has 0 aromatic rings. The van der Waals surface area contributed by atoms with E-state index >= 15 is 0 Å². The van der Waals surface area contributed by atoms with Gasteiger partial charge in [-0.25, -0.2) is 0 Å². The first-order valence-electron chi connectivity index (χ1n) is 43.6. The third kappa shape index (κ3) is 102. The molecule has 2 aliphatic heterocycles. The molecule has 48 nitrogen and oxygen atoms in total. The number of amides is 6. The van der Waals surface area contributed by atoms with Crippen molar-refractivity contribution in [1.82, 2.24) is 20.4 Å². The molecule has 0 aromatic carbocycles. The third-order valence-electron chi connectivity index (χ3n) is 17.1. The van der Waals surface area contributed by atoms with Crippen LogP contribution in [-0.2, 0) is 201 Å². The number of methoxy groups -OCH3 is 6. The molecule has 6 amide bonds. The van der Waals surface area contributed by atoms with Crippen LogP contribution in [0.1, 0.15) is 122 Å². The molecule has 2 aliphatic rings. The van der Waals surface area contributed by atoms with Gasteiger partial charge in [0.25, 0.3) is 23.6 Å². The number of nitrogens with zero attached hydrogens (tertiary/aromatic N) is 2. The maximum absolute atomic E-state index is 11.6. The number of imide groups is 2. The zero-order valence-corrected chi connectivity index (χ0v) is 96.7. The van der Waals surface area contributed by atoms with Gasteiger partial charge in [-0.3, -0.25) is 86.5 Å². The fourth-order valence-corrected chi connectivity index (χ4v) is 13.9. The number of aliphatic hydroxyl groups is 14. The minimum atomic E-state index is -1.17. The van der Waals surface area contributed by atoms with Crippen LogP contribution in [-0.4, -0.2) is 476 Å². The molecule has 0 aromatic heterocycles. The minimum Gasteiger partial charge on any atom is -0.481 e. The summed E-state index contributed by atoms with van der Waals surface area (Å²) in [6, 6.07) is 0. The Kier molecular flexibility index (Phi) is 111. The number of Topliss-reactive ketones (excluding diaryl/α,β-unsaturated/α-hetero) is 3. The molecule has 0 radical (unpaired) electrons. The number of rotatable bonds is 75. The van der Waals surface area contributed by atoms with Gasteiger partial charge in [-0.1, -0.05) is 71.7 Å². The van der Waals surface area contributed by atoms with Crippen LogP contribution < -0.4 is 10.6 Å². The number of esters is 6. The summed E-state index contributed by atoms with van der Waals surface area (Å²) in [4.78, 5) is 180. The summed E-state index contributed by atoms with van der Waals surface area (Å²) in [5.41, 5.74) is 0. The van der Waals surface area contributed by atoms with Crippen LogP contribution in [0.3, 0.4) is 0 Å². The number of aliphatic hydroxyl groups excluding tert-OH is 14. The molecule has 0 saturated heterocycles. The number of nitrogens with one attached hydrogen (secondary N) is 2. The Morgan fingerprint density at radius 2 is 0.524 bits per heavy atom. The third-order valence-corrected chi connectivity index (χ3v) is 23.3. The van der Waals surface area contributed by atoms with Crippen LogP contribution in [0.25, 0.3) is 0 Å². The summed E-state index contributed by atoms with van der Waals surface area (Å²) in [6.07, 6.45) is 2.13. The monoisotopic (exact) mass is 2700 g/mol. The fraction of sp³-hybridized carbons (Fsp3) is 0.765. The van der Waals surface area contributed by atoms with Gasteiger partial charge in [0.15, 0.2) is 0 Å². The Morgan fingerprint density at radius 3 is 0.755 bits per heavy atom. The molecule has 2 rings (SSSR count). The largest absolute Gasteiger partial charge is 0.481 e. The van der Waals surface area contributed by atoms with Crippen molar-refractivity contribution in [1.29, 1.82) is 0 Å². The summed E-state index contributed by atoms with van der Waals surface area (Å²) in [6.45, 7) is 1.06. The fourth-order valence-electron chi connectivity index (χ4n) is 9.71. The van der Waals surface area contributed by atoms with E-state index < -0.39 is 169 Å². The molecule has 2 heterocycles. The smallest absolute Gasteiger partial charge is 0.308 e. The summed E-state index contributed by atoms with van der Waals surface area (Å²) in [5.74, 6) is -3.90. The van der Waals surface area contributed by atoms with Crippen molar-refractivity contribution in [3.63, 3.8) is 0 Å². The second-order valence-electron chi connectivity index (χ2n) is 29.6. The van der Waals surface area contributed by atoms with Crippen LogP contribution in [0.4, 0.5) is 0 Å². The molecule has 0 aliphatic carbocycles. The van der Waals surface area contributed by atoms with Crippen LogP contribution >= 0.6 is 76.5 Å². The van der Waals surface area contributed by atoms with Crippen LogP contribution in [0, 0.1) is 0 Å². The molecular formula is C85H148N4O44S7W3. The van der Waals surface area contributed by atoms with Crippen molar-refractivity contribution >= 4 is 171 Å². The van der Waals surface area contributed by atoms with E-state index in [2.05, 4.69) is 39.1 Å². The van der Waals surface area contributed by atoms with Crippen molar-refractivity contribution in [3.05, 3.63) is 24.3 Å². The molecule has 14 unspecified atom stereocenters. The Morgan fingerprint density at radius 1 is 0.301 bits per heavy atom. The molecule has 143 heavy (non-hydrogen) atoms. The number of hydrogen-bond acceptors (Lipinski definition) is 50. The Hall–Kier alpha value is -4.33. The number of carbonyl (C=O) groups excluding carboxylic acids is 15. The van der Waals surface area contributed by atoms with Gasteiger partial charge in [0, 0.05) is 188 Å². The topological polar surface area (TPSA) is 727 Å². The van der Waals surface area contributed by atoms with Gasteiger partial charge in [0.2, 0.25) is 11.8 Å². The van der Waals surface area contributed by atoms with Crippen molar-refractivity contribution < 1.29 is 278 Å². The second kappa shape index (κ2) is 103. The number of aliphatic carboxylic acids is 1. The number of carboxylic acids is 1. The molecule has 0 fully saturated rings. The number of hydrogen-bond donors (Lipinski definition) is 17. The van der Waals surface area contributed by atoms with E-state index in [0.29, 0.717) is 69.3 Å². The van der Waals surface area contributed by atoms with E-state index in [1.54, 1.807) is 60.9 Å². The van der Waals surface area contributed by atoms with Crippen LogP contribution in [0.2, 0.25) is 0 Å². The van der Waals surface area contributed by atoms with Crippen molar-refractivity contribution in [2.75, 3.05) is 209 Å². The van der Waals surface area contributed by atoms with Gasteiger partial charge in [0.05, 0.1) is 266 Å². The van der Waals surface area contributed by atoms with E-state index in [1.807, 2.05) is 25.0 Å². The molecule has 0 saturated carbocycles. The maximum atomic E-state index is 11.6. The first-order valence-corrected chi connectivity index (χ1v) is 53.2. The molecule has 14 atom stereocenters. The molecule has 58 heteroatoms. The van der Waals surface area contributed by atoms with Crippen molar-refractivity contribution in [2.45, 2.75) is 208 Å². The Labute approximate surface area is 904 Å². The van der Waals surface area contributed by atoms with Gasteiger partial charge in [-0.2, -0.15) is 11.8 Å². The number of thioether (sulfide) groups is 1. The van der Waals surface area contributed by atoms with Gasteiger partial charge in [0.1, 0.15) is 17.3 Å². The average molecular weight is 2710 g/mol. The number of ether oxygens (including phenoxy) is 13. The molecular weight excluding hydrogens is 2560 g/mol. The van der Waals surface area contributed by atoms with Crippen LogP contribution in [0.5, 0.6) is 0 Å². The predicted octanol–water partition coefficient (Wildman–Crippen LogP) is -2.58. The van der Waals surface area contributed by atoms with E-state index in [9.17, 15) is 148 Å². The normalized spacial score (nSPS) is 14.5. The van der Waals surface area contributed by atoms with Gasteiger partial charge < -0.3 is 149 Å². The summed E-state index contributed by atoms with van der Waals surface area (Å²) in [5, 5.41) is 146. The Bertz CT molecular complexity index is 3390. The van der Waals surface area contributed by atoms with Crippen molar-refractivity contribution in [2.24, 2.45) is 0 Å². The van der Waals surface area contributed by atoms with E-state index in [0.717, 1.165) is 45.6 Å². The molecule has 0 spiro atoms. The van der Waals surface area contributed by atoms with Gasteiger partial charge in [-0.15, -0.1) is 0 Å². The standard InChI is InChI=1S/C15H22N2O8.C14H20N2O8.2C13H24O6S2.C12H22O6.C9H18O5S2.C9H18O5S.3W/c1-24-15(23)6-10(18)8-25-9-11(19)7-16-12(20)4-5-17-13(21)2-3-14(17)22;17-9(5-14(22)23)7-24-8-10(18)6-15-11(19)3-4-16-12(20)1-2-13(16)21;2*1-18-13(17)7-12(16)9-19-8-11(15)4-3-10(14)5-6-21-20-2;1-3-9(13)4-5-10(14)7-18-8-11(15)6-12(16)17-2;1-13-9(12)3-7(10)4-14-5-8(11)6-16-15-2;1-13-9(12)3-7(10)4-14-5-8(11)6-15-2;;;/h2-3,10-11,18-19H,4-9H2,1H3,(H,16,20);1-2,9-10,17-18H,3-8H2,(H,15,19)(H,22,23);2*11-12,15-16H,3-9H2,1-2H3;10-11,14-15H,3-8H2,1-2H3;7-8,10-11H,3-6H2,1-2H3;7-8,10-11H,3-6H2,1-2H3;;;. The minimum absolute atomic E-state index is 0. The second-order valence-corrected chi connectivity index (χ2v) is 38.5. The zero-order valence-electron chi connectivity index (χ0n) is 82.2. The molecule has 832 valence electrons. The van der Waals surface area contributed by atoms with Gasteiger partial charge >= 0.3 is 41.8 Å². The maximum Gasteiger partial charge on any atom is 0.308 e. The summed E-state index contributed by atoms with van der Waals surface area (Å²) >= 11 is 1.52. The van der Waals surface area contributed by atoms with E-state index in [4.69, 9.17) is 38.3 Å².